The van der Waals surface area contributed by atoms with Crippen molar-refractivity contribution in [3.8, 4) is 0 Å². The molecule has 0 aliphatic carbocycles. The van der Waals surface area contributed by atoms with Crippen LogP contribution >= 0.6 is 12.2 Å². The highest BCUT2D eigenvalue weighted by Gasteiger charge is 1.87. The van der Waals surface area contributed by atoms with Crippen LogP contribution in [0.4, 0.5) is 0 Å². The Bertz CT molecular complexity index is 149. The molecule has 0 aromatic carbocycles. The standard InChI is InChI=1S/C5H6N2S/c8-5-1-2-6-3-4-7-5/h1-3H,4H2,(H,7,8). The van der Waals surface area contributed by atoms with Gasteiger partial charge in [0.05, 0.1) is 6.54 Å². The molecular formula is C5H6N2S. The Morgan fingerprint density at radius 1 is 1.75 bits per heavy atom. The number of hydrogen-bond acceptors (Lipinski definition) is 2. The summed E-state index contributed by atoms with van der Waals surface area (Å²) in [4.78, 5) is 4.62. The van der Waals surface area contributed by atoms with Gasteiger partial charge in [-0.3, -0.25) is 4.99 Å². The van der Waals surface area contributed by atoms with E-state index >= 15 is 0 Å². The Labute approximate surface area is 53.3 Å². The molecule has 42 valence electrons. The fourth-order valence-electron chi connectivity index (χ4n) is 0.429. The molecule has 0 saturated heterocycles. The first-order valence-electron chi connectivity index (χ1n) is 2.35. The average Bonchev–Trinajstić information content (AvgIpc) is 1.94. The quantitative estimate of drug-likeness (QED) is 0.478. The normalized spacial score (nSPS) is 17.8. The monoisotopic (exact) mass is 126 g/mol. The smallest absolute Gasteiger partial charge is 0.101 e. The second kappa shape index (κ2) is 2.57. The van der Waals surface area contributed by atoms with Crippen LogP contribution in [0.15, 0.2) is 17.3 Å². The number of thiocarbonyl (C=S) groups is 1. The van der Waals surface area contributed by atoms with E-state index in [1.54, 1.807) is 18.5 Å². The van der Waals surface area contributed by atoms with Gasteiger partial charge in [0.15, 0.2) is 0 Å². The van der Waals surface area contributed by atoms with Crippen molar-refractivity contribution in [3.05, 3.63) is 12.3 Å². The van der Waals surface area contributed by atoms with Crippen LogP contribution in [-0.2, 0) is 0 Å². The zero-order valence-electron chi connectivity index (χ0n) is 4.29. The van der Waals surface area contributed by atoms with Gasteiger partial charge in [-0.15, -0.1) is 0 Å². The number of nitrogens with zero attached hydrogens (tertiary/aromatic N) is 1. The van der Waals surface area contributed by atoms with Gasteiger partial charge in [-0.05, 0) is 6.08 Å². The summed E-state index contributed by atoms with van der Waals surface area (Å²) >= 11 is 4.81. The number of rotatable bonds is 0. The lowest BCUT2D eigenvalue weighted by Gasteiger charge is -1.92. The minimum absolute atomic E-state index is 0.742. The van der Waals surface area contributed by atoms with Gasteiger partial charge in [-0.2, -0.15) is 0 Å². The highest BCUT2D eigenvalue weighted by molar-refractivity contribution is 7.80. The maximum absolute atomic E-state index is 4.81. The summed E-state index contributed by atoms with van der Waals surface area (Å²) < 4.78 is 0. The highest BCUT2D eigenvalue weighted by atomic mass is 32.1. The zero-order valence-corrected chi connectivity index (χ0v) is 5.11. The van der Waals surface area contributed by atoms with Crippen molar-refractivity contribution in [2.75, 3.05) is 6.54 Å². The molecule has 0 unspecified atom stereocenters. The maximum atomic E-state index is 4.81. The predicted molar refractivity (Wildman–Crippen MR) is 38.2 cm³/mol. The Kier molecular flexibility index (Phi) is 1.75. The maximum Gasteiger partial charge on any atom is 0.101 e. The highest BCUT2D eigenvalue weighted by Crippen LogP contribution is 1.81. The summed E-state index contributed by atoms with van der Waals surface area (Å²) in [6, 6.07) is 0. The lowest BCUT2D eigenvalue weighted by atomic mass is 10.6. The first-order valence-corrected chi connectivity index (χ1v) is 2.76. The molecule has 0 spiro atoms. The van der Waals surface area contributed by atoms with Gasteiger partial charge >= 0.3 is 0 Å². The molecular weight excluding hydrogens is 120 g/mol. The van der Waals surface area contributed by atoms with E-state index in [2.05, 4.69) is 10.3 Å². The molecule has 0 saturated carbocycles. The molecule has 0 atom stereocenters. The van der Waals surface area contributed by atoms with Crippen LogP contribution < -0.4 is 5.32 Å². The van der Waals surface area contributed by atoms with Crippen LogP contribution in [-0.4, -0.2) is 17.7 Å². The SMILES string of the molecule is S=C1C=CN=CCN1. The summed E-state index contributed by atoms with van der Waals surface area (Å²) in [6.07, 6.45) is 5.22. The van der Waals surface area contributed by atoms with Crippen molar-refractivity contribution in [2.24, 2.45) is 4.99 Å². The topological polar surface area (TPSA) is 24.4 Å². The van der Waals surface area contributed by atoms with E-state index in [1.807, 2.05) is 0 Å². The van der Waals surface area contributed by atoms with Crippen LogP contribution in [0.1, 0.15) is 0 Å². The molecule has 0 radical (unpaired) electrons. The van der Waals surface area contributed by atoms with Crippen molar-refractivity contribution < 1.29 is 0 Å². The van der Waals surface area contributed by atoms with Crippen LogP contribution in [0.5, 0.6) is 0 Å². The predicted octanol–water partition coefficient (Wildman–Crippen LogP) is 0.502. The largest absolute Gasteiger partial charge is 0.371 e. The van der Waals surface area contributed by atoms with E-state index in [0.717, 1.165) is 11.5 Å². The number of hydrogen-bond donors (Lipinski definition) is 1. The summed E-state index contributed by atoms with van der Waals surface area (Å²) in [5.74, 6) is 0. The van der Waals surface area contributed by atoms with E-state index in [-0.39, 0.29) is 0 Å². The van der Waals surface area contributed by atoms with Crippen molar-refractivity contribution in [2.45, 2.75) is 0 Å². The third kappa shape index (κ3) is 1.42. The molecule has 1 heterocycles. The van der Waals surface area contributed by atoms with Gasteiger partial charge in [0.25, 0.3) is 0 Å². The lowest BCUT2D eigenvalue weighted by Crippen LogP contribution is -2.19. The van der Waals surface area contributed by atoms with Crippen LogP contribution in [0.3, 0.4) is 0 Å². The Balaban J connectivity index is 2.58. The van der Waals surface area contributed by atoms with E-state index in [4.69, 9.17) is 12.2 Å². The van der Waals surface area contributed by atoms with Gasteiger partial charge in [0, 0.05) is 12.4 Å². The molecule has 2 nitrogen and oxygen atoms in total. The Morgan fingerprint density at radius 2 is 2.62 bits per heavy atom. The third-order valence-electron chi connectivity index (χ3n) is 0.785. The minimum atomic E-state index is 0.742. The molecule has 0 amide bonds. The van der Waals surface area contributed by atoms with Crippen molar-refractivity contribution in [1.82, 2.24) is 5.32 Å². The van der Waals surface area contributed by atoms with E-state index in [1.165, 1.54) is 0 Å². The van der Waals surface area contributed by atoms with Crippen molar-refractivity contribution in [1.29, 1.82) is 0 Å². The van der Waals surface area contributed by atoms with Crippen LogP contribution in [0, 0.1) is 0 Å². The molecule has 1 N–H and O–H groups in total. The molecule has 0 fully saturated rings. The second-order valence-electron chi connectivity index (χ2n) is 1.39. The number of aliphatic imine (C=N–C) groups is 1. The molecule has 1 aliphatic heterocycles. The third-order valence-corrected chi connectivity index (χ3v) is 1.07. The molecule has 3 heteroatoms. The van der Waals surface area contributed by atoms with E-state index < -0.39 is 0 Å². The molecule has 0 aromatic rings. The van der Waals surface area contributed by atoms with E-state index in [9.17, 15) is 0 Å². The molecule has 1 rings (SSSR count). The zero-order chi connectivity index (χ0) is 5.82. The Morgan fingerprint density at radius 3 is 3.50 bits per heavy atom. The number of nitrogens with one attached hydrogen (secondary N) is 1. The van der Waals surface area contributed by atoms with Gasteiger partial charge in [-0.25, -0.2) is 0 Å². The summed E-state index contributed by atoms with van der Waals surface area (Å²) in [5, 5.41) is 2.94. The molecule has 0 aromatic heterocycles. The van der Waals surface area contributed by atoms with Gasteiger partial charge < -0.3 is 5.32 Å². The van der Waals surface area contributed by atoms with Gasteiger partial charge in [0.1, 0.15) is 4.99 Å². The van der Waals surface area contributed by atoms with Crippen molar-refractivity contribution >= 4 is 23.4 Å². The first kappa shape index (κ1) is 5.44. The van der Waals surface area contributed by atoms with E-state index in [0.29, 0.717) is 0 Å². The van der Waals surface area contributed by atoms with Gasteiger partial charge in [-0.1, -0.05) is 12.2 Å². The fourth-order valence-corrected chi connectivity index (χ4v) is 0.574. The fraction of sp³-hybridized carbons (Fsp3) is 0.200. The average molecular weight is 126 g/mol. The summed E-state index contributed by atoms with van der Waals surface area (Å²) in [6.45, 7) is 0.742. The lowest BCUT2D eigenvalue weighted by molar-refractivity contribution is 1.13. The molecule has 1 aliphatic rings. The van der Waals surface area contributed by atoms with Crippen LogP contribution in [0.2, 0.25) is 0 Å². The second-order valence-corrected chi connectivity index (χ2v) is 1.83. The van der Waals surface area contributed by atoms with Crippen molar-refractivity contribution in [3.63, 3.8) is 0 Å². The van der Waals surface area contributed by atoms with Gasteiger partial charge in [0.2, 0.25) is 0 Å². The van der Waals surface area contributed by atoms with Crippen LogP contribution in [0.25, 0.3) is 0 Å². The molecule has 0 bridgehead atoms. The molecule has 8 heavy (non-hydrogen) atoms. The Hall–Kier alpha value is -0.700. The summed E-state index contributed by atoms with van der Waals surface area (Å²) in [5.41, 5.74) is 0. The minimum Gasteiger partial charge on any atom is -0.371 e. The summed E-state index contributed by atoms with van der Waals surface area (Å²) in [7, 11) is 0. The first-order chi connectivity index (χ1) is 3.89.